The maximum Gasteiger partial charge on any atom is 0.321 e. The van der Waals surface area contributed by atoms with Crippen LogP contribution in [0.15, 0.2) is 9.95 Å². The topological polar surface area (TPSA) is 104 Å². The van der Waals surface area contributed by atoms with Gasteiger partial charge >= 0.3 is 6.03 Å². The van der Waals surface area contributed by atoms with Gasteiger partial charge in [0.1, 0.15) is 4.83 Å². The first-order valence-corrected chi connectivity index (χ1v) is 10.8. The molecule has 1 atom stereocenters. The molecule has 27 heavy (non-hydrogen) atoms. The van der Waals surface area contributed by atoms with Gasteiger partial charge in [0.25, 0.3) is 5.56 Å². The predicted octanol–water partition coefficient (Wildman–Crippen LogP) is 3.21. The number of aromatic amines is 1. The summed E-state index contributed by atoms with van der Waals surface area (Å²) in [7, 11) is 0. The zero-order chi connectivity index (χ0) is 20.1. The number of nitrogens with one attached hydrogen (secondary N) is 3. The standard InChI is InChI=1S/C18H26N4O3S2/c1-6-10(4)7-12-11(5)27-16-14(12)15(24)21-18(22-16)26-8-13(23)20-17(25)19-9(2)3/h9-10H,6-8H2,1-5H3,(H,21,22,24)(H2,19,20,23,25). The lowest BCUT2D eigenvalue weighted by atomic mass is 9.98. The third kappa shape index (κ3) is 5.80. The van der Waals surface area contributed by atoms with Crippen molar-refractivity contribution in [1.82, 2.24) is 20.6 Å². The number of hydrogen-bond acceptors (Lipinski definition) is 6. The van der Waals surface area contributed by atoms with Crippen molar-refractivity contribution >= 4 is 45.3 Å². The molecule has 3 N–H and O–H groups in total. The minimum absolute atomic E-state index is 0.00988. The Morgan fingerprint density at radius 1 is 1.30 bits per heavy atom. The van der Waals surface area contributed by atoms with E-state index in [-0.39, 0.29) is 17.4 Å². The van der Waals surface area contributed by atoms with E-state index in [1.165, 1.54) is 11.3 Å². The molecule has 2 aromatic heterocycles. The van der Waals surface area contributed by atoms with Gasteiger partial charge in [-0.1, -0.05) is 32.0 Å². The molecule has 0 aromatic carbocycles. The van der Waals surface area contributed by atoms with Gasteiger partial charge in [-0.15, -0.1) is 11.3 Å². The number of nitrogens with zero attached hydrogens (tertiary/aromatic N) is 1. The average molecular weight is 411 g/mol. The maximum absolute atomic E-state index is 12.6. The van der Waals surface area contributed by atoms with E-state index >= 15 is 0 Å². The number of carbonyl (C=O) groups excluding carboxylic acids is 2. The summed E-state index contributed by atoms with van der Waals surface area (Å²) in [6, 6.07) is -0.589. The summed E-state index contributed by atoms with van der Waals surface area (Å²) in [6.45, 7) is 9.93. The number of urea groups is 1. The SMILES string of the molecule is CCC(C)Cc1c(C)sc2nc(SCC(=O)NC(=O)NC(C)C)[nH]c(=O)c12. The van der Waals surface area contributed by atoms with Crippen LogP contribution in [-0.4, -0.2) is 33.7 Å². The maximum atomic E-state index is 12.6. The van der Waals surface area contributed by atoms with Gasteiger partial charge in [-0.3, -0.25) is 14.9 Å². The number of fused-ring (bicyclic) bond motifs is 1. The Labute approximate surface area is 166 Å². The first kappa shape index (κ1) is 21.4. The first-order chi connectivity index (χ1) is 12.7. The number of thioether (sulfide) groups is 1. The number of thiophene rings is 1. The molecule has 2 rings (SSSR count). The van der Waals surface area contributed by atoms with Crippen molar-refractivity contribution in [3.05, 3.63) is 20.8 Å². The minimum Gasteiger partial charge on any atom is -0.336 e. The lowest BCUT2D eigenvalue weighted by molar-refractivity contribution is -0.117. The van der Waals surface area contributed by atoms with E-state index in [9.17, 15) is 14.4 Å². The summed E-state index contributed by atoms with van der Waals surface area (Å²) in [5.41, 5.74) is 0.890. The van der Waals surface area contributed by atoms with Crippen LogP contribution in [0.5, 0.6) is 0 Å². The van der Waals surface area contributed by atoms with E-state index in [0.29, 0.717) is 21.3 Å². The molecule has 0 aliphatic carbocycles. The summed E-state index contributed by atoms with van der Waals surface area (Å²) in [5.74, 6) is 0.0423. The van der Waals surface area contributed by atoms with E-state index in [1.54, 1.807) is 13.8 Å². The molecule has 0 saturated heterocycles. The third-order valence-electron chi connectivity index (χ3n) is 4.10. The van der Waals surface area contributed by atoms with Gasteiger partial charge < -0.3 is 10.3 Å². The van der Waals surface area contributed by atoms with E-state index in [2.05, 4.69) is 34.4 Å². The summed E-state index contributed by atoms with van der Waals surface area (Å²) in [5, 5.41) is 5.86. The number of aromatic nitrogens is 2. The molecule has 0 saturated carbocycles. The molecular formula is C18H26N4O3S2. The molecule has 148 valence electrons. The second-order valence-electron chi connectivity index (χ2n) is 6.87. The van der Waals surface area contributed by atoms with Gasteiger partial charge in [0.05, 0.1) is 11.1 Å². The number of carbonyl (C=O) groups is 2. The van der Waals surface area contributed by atoms with Crippen molar-refractivity contribution in [2.45, 2.75) is 58.7 Å². The van der Waals surface area contributed by atoms with Crippen molar-refractivity contribution in [1.29, 1.82) is 0 Å². The number of H-pyrrole nitrogens is 1. The summed E-state index contributed by atoms with van der Waals surface area (Å²) < 4.78 is 0. The average Bonchev–Trinajstić information content (AvgIpc) is 2.88. The second-order valence-corrected chi connectivity index (χ2v) is 9.04. The molecule has 9 heteroatoms. The fraction of sp³-hybridized carbons (Fsp3) is 0.556. The van der Waals surface area contributed by atoms with Crippen LogP contribution >= 0.6 is 23.1 Å². The molecular weight excluding hydrogens is 384 g/mol. The van der Waals surface area contributed by atoms with Gasteiger partial charge in [0.2, 0.25) is 5.91 Å². The van der Waals surface area contributed by atoms with Gasteiger partial charge in [0, 0.05) is 10.9 Å². The Kier molecular flexibility index (Phi) is 7.43. The molecule has 0 aliphatic heterocycles. The highest BCUT2D eigenvalue weighted by atomic mass is 32.2. The molecule has 7 nitrogen and oxygen atoms in total. The number of hydrogen-bond donors (Lipinski definition) is 3. The van der Waals surface area contributed by atoms with E-state index in [0.717, 1.165) is 35.0 Å². The molecule has 0 radical (unpaired) electrons. The Morgan fingerprint density at radius 2 is 2.00 bits per heavy atom. The lowest BCUT2D eigenvalue weighted by Crippen LogP contribution is -2.43. The number of amides is 3. The van der Waals surface area contributed by atoms with Crippen LogP contribution < -0.4 is 16.2 Å². The summed E-state index contributed by atoms with van der Waals surface area (Å²) in [6.07, 6.45) is 1.91. The fourth-order valence-corrected chi connectivity index (χ4v) is 4.33. The number of rotatable bonds is 7. The van der Waals surface area contributed by atoms with Gasteiger partial charge in [-0.2, -0.15) is 0 Å². The van der Waals surface area contributed by atoms with Crippen LogP contribution in [0.25, 0.3) is 10.2 Å². The Hall–Kier alpha value is -1.87. The Balaban J connectivity index is 2.11. The number of aryl methyl sites for hydroxylation is 1. The zero-order valence-electron chi connectivity index (χ0n) is 16.3. The lowest BCUT2D eigenvalue weighted by Gasteiger charge is -2.09. The molecule has 3 amide bonds. The first-order valence-electron chi connectivity index (χ1n) is 8.96. The van der Waals surface area contributed by atoms with E-state index < -0.39 is 11.9 Å². The van der Waals surface area contributed by atoms with E-state index in [4.69, 9.17) is 0 Å². The van der Waals surface area contributed by atoms with Crippen LogP contribution in [0.1, 0.15) is 44.6 Å². The molecule has 0 bridgehead atoms. The molecule has 1 unspecified atom stereocenters. The second kappa shape index (κ2) is 9.36. The Morgan fingerprint density at radius 3 is 2.63 bits per heavy atom. The van der Waals surface area contributed by atoms with Gasteiger partial charge in [-0.25, -0.2) is 9.78 Å². The minimum atomic E-state index is -0.531. The largest absolute Gasteiger partial charge is 0.336 e. The normalized spacial score (nSPS) is 12.4. The van der Waals surface area contributed by atoms with Crippen LogP contribution in [0, 0.1) is 12.8 Å². The number of imide groups is 1. The summed E-state index contributed by atoms with van der Waals surface area (Å²) >= 11 is 2.60. The highest BCUT2D eigenvalue weighted by molar-refractivity contribution is 7.99. The predicted molar refractivity (Wildman–Crippen MR) is 111 cm³/mol. The summed E-state index contributed by atoms with van der Waals surface area (Å²) in [4.78, 5) is 45.0. The Bertz CT molecular complexity index is 889. The third-order valence-corrected chi connectivity index (χ3v) is 6.02. The zero-order valence-corrected chi connectivity index (χ0v) is 17.9. The highest BCUT2D eigenvalue weighted by Gasteiger charge is 2.17. The quantitative estimate of drug-likeness (QED) is 0.480. The van der Waals surface area contributed by atoms with Gasteiger partial charge in [-0.05, 0) is 38.7 Å². The van der Waals surface area contributed by atoms with E-state index in [1.807, 2.05) is 6.92 Å². The molecule has 2 heterocycles. The molecule has 2 aromatic rings. The van der Waals surface area contributed by atoms with Crippen LogP contribution in [-0.2, 0) is 11.2 Å². The molecule has 0 fully saturated rings. The highest BCUT2D eigenvalue weighted by Crippen LogP contribution is 2.30. The fourth-order valence-electron chi connectivity index (χ4n) is 2.56. The van der Waals surface area contributed by atoms with Crippen molar-refractivity contribution in [2.24, 2.45) is 5.92 Å². The smallest absolute Gasteiger partial charge is 0.321 e. The van der Waals surface area contributed by atoms with Crippen LogP contribution in [0.2, 0.25) is 0 Å². The van der Waals surface area contributed by atoms with Gasteiger partial charge in [0.15, 0.2) is 5.16 Å². The van der Waals surface area contributed by atoms with Crippen molar-refractivity contribution in [2.75, 3.05) is 5.75 Å². The molecule has 0 aliphatic rings. The molecule has 0 spiro atoms. The van der Waals surface area contributed by atoms with Crippen molar-refractivity contribution < 1.29 is 9.59 Å². The van der Waals surface area contributed by atoms with Crippen molar-refractivity contribution in [3.63, 3.8) is 0 Å². The van der Waals surface area contributed by atoms with Crippen LogP contribution in [0.3, 0.4) is 0 Å². The van der Waals surface area contributed by atoms with Crippen LogP contribution in [0.4, 0.5) is 4.79 Å². The van der Waals surface area contributed by atoms with Crippen molar-refractivity contribution in [3.8, 4) is 0 Å². The monoisotopic (exact) mass is 410 g/mol.